The molecule has 0 aliphatic carbocycles. The molecule has 1 aliphatic rings. The highest BCUT2D eigenvalue weighted by Crippen LogP contribution is 2.17. The number of guanidine groups is 1. The van der Waals surface area contributed by atoms with Gasteiger partial charge in [-0.1, -0.05) is 13.3 Å². The lowest BCUT2D eigenvalue weighted by molar-refractivity contribution is 0.129. The van der Waals surface area contributed by atoms with E-state index in [-0.39, 0.29) is 29.9 Å². The van der Waals surface area contributed by atoms with E-state index in [9.17, 15) is 8.42 Å². The van der Waals surface area contributed by atoms with E-state index < -0.39 is 9.84 Å². The molecule has 0 aromatic heterocycles. The number of hydrogen-bond acceptors (Lipinski definition) is 4. The molecule has 0 spiro atoms. The van der Waals surface area contributed by atoms with Crippen LogP contribution in [0.25, 0.3) is 0 Å². The largest absolute Gasteiger partial charge is 0.381 e. The van der Waals surface area contributed by atoms with Gasteiger partial charge in [-0.2, -0.15) is 0 Å². The van der Waals surface area contributed by atoms with Gasteiger partial charge >= 0.3 is 0 Å². The molecule has 1 rings (SSSR count). The Labute approximate surface area is 151 Å². The van der Waals surface area contributed by atoms with Crippen LogP contribution < -0.4 is 10.6 Å². The summed E-state index contributed by atoms with van der Waals surface area (Å²) in [6.45, 7) is 5.20. The number of nitrogens with one attached hydrogen (secondary N) is 2. The van der Waals surface area contributed by atoms with Crippen molar-refractivity contribution in [2.45, 2.75) is 32.6 Å². The molecular formula is C14H30IN3O3S. The Kier molecular flexibility index (Phi) is 12.3. The molecule has 1 atom stereocenters. The summed E-state index contributed by atoms with van der Waals surface area (Å²) in [7, 11) is -1.08. The van der Waals surface area contributed by atoms with E-state index in [4.69, 9.17) is 4.74 Å². The van der Waals surface area contributed by atoms with Crippen molar-refractivity contribution >= 4 is 39.8 Å². The van der Waals surface area contributed by atoms with Gasteiger partial charge in [-0.15, -0.1) is 24.0 Å². The summed E-state index contributed by atoms with van der Waals surface area (Å²) in [6.07, 6.45) is 3.95. The van der Waals surface area contributed by atoms with Crippen LogP contribution in [0, 0.1) is 5.92 Å². The van der Waals surface area contributed by atoms with E-state index in [1.165, 1.54) is 0 Å². The number of nitrogens with zero attached hydrogens (tertiary/aromatic N) is 1. The number of aliphatic imine (C=N–C) groups is 1. The highest BCUT2D eigenvalue weighted by molar-refractivity contribution is 14.0. The van der Waals surface area contributed by atoms with Crippen molar-refractivity contribution in [2.24, 2.45) is 10.9 Å². The number of sulfone groups is 1. The summed E-state index contributed by atoms with van der Waals surface area (Å²) in [5.41, 5.74) is 0. The minimum absolute atomic E-state index is 0. The zero-order valence-electron chi connectivity index (χ0n) is 13.6. The molecule has 0 aromatic rings. The summed E-state index contributed by atoms with van der Waals surface area (Å²) in [5.74, 6) is 1.54. The van der Waals surface area contributed by atoms with E-state index >= 15 is 0 Å². The van der Waals surface area contributed by atoms with Gasteiger partial charge in [0.2, 0.25) is 0 Å². The summed E-state index contributed by atoms with van der Waals surface area (Å²) >= 11 is 0. The van der Waals surface area contributed by atoms with Crippen molar-refractivity contribution in [3.8, 4) is 0 Å². The van der Waals surface area contributed by atoms with E-state index in [1.807, 2.05) is 0 Å². The maximum Gasteiger partial charge on any atom is 0.190 e. The fourth-order valence-corrected chi connectivity index (χ4v) is 4.09. The lowest BCUT2D eigenvalue weighted by atomic mass is 10.1. The molecule has 1 heterocycles. The van der Waals surface area contributed by atoms with Gasteiger partial charge in [-0.05, 0) is 25.2 Å². The standard InChI is InChI=1S/C14H29N3O3S.HI/c1-3-4-8-20-9-5-7-16-14(15-2)17-11-13-6-10-21(18,19)12-13;/h13H,3-12H2,1-2H3,(H2,15,16,17);1H. The van der Waals surface area contributed by atoms with Gasteiger partial charge in [-0.25, -0.2) is 8.42 Å². The molecule has 1 unspecified atom stereocenters. The predicted octanol–water partition coefficient (Wildman–Crippen LogP) is 1.41. The second kappa shape index (κ2) is 12.3. The lowest BCUT2D eigenvalue weighted by Gasteiger charge is -2.14. The maximum absolute atomic E-state index is 11.4. The van der Waals surface area contributed by atoms with Crippen LogP contribution in [0.15, 0.2) is 4.99 Å². The Morgan fingerprint density at radius 3 is 2.59 bits per heavy atom. The lowest BCUT2D eigenvalue weighted by Crippen LogP contribution is -2.40. The van der Waals surface area contributed by atoms with Crippen LogP contribution in [-0.2, 0) is 14.6 Å². The Balaban J connectivity index is 0.00000441. The molecule has 0 aromatic carbocycles. The van der Waals surface area contributed by atoms with Crippen LogP contribution in [0.1, 0.15) is 32.6 Å². The molecule has 132 valence electrons. The molecular weight excluding hydrogens is 417 g/mol. The summed E-state index contributed by atoms with van der Waals surface area (Å²) in [4.78, 5) is 4.14. The Morgan fingerprint density at radius 2 is 2.00 bits per heavy atom. The number of ether oxygens (including phenoxy) is 1. The Bertz CT molecular complexity index is 416. The normalized spacial score (nSPS) is 20.5. The van der Waals surface area contributed by atoms with Crippen molar-refractivity contribution < 1.29 is 13.2 Å². The van der Waals surface area contributed by atoms with Crippen LogP contribution in [0.5, 0.6) is 0 Å². The van der Waals surface area contributed by atoms with E-state index in [2.05, 4.69) is 22.5 Å². The number of halogens is 1. The van der Waals surface area contributed by atoms with E-state index in [1.54, 1.807) is 7.05 Å². The van der Waals surface area contributed by atoms with Crippen molar-refractivity contribution in [2.75, 3.05) is 44.9 Å². The fourth-order valence-electron chi connectivity index (χ4n) is 2.22. The number of unbranched alkanes of at least 4 members (excludes halogenated alkanes) is 1. The minimum atomic E-state index is -2.80. The van der Waals surface area contributed by atoms with Crippen molar-refractivity contribution in [3.05, 3.63) is 0 Å². The average Bonchev–Trinajstić information content (AvgIpc) is 2.80. The van der Waals surface area contributed by atoms with Crippen LogP contribution in [-0.4, -0.2) is 59.2 Å². The summed E-state index contributed by atoms with van der Waals surface area (Å²) < 4.78 is 28.3. The molecule has 0 saturated carbocycles. The second-order valence-electron chi connectivity index (χ2n) is 5.47. The fraction of sp³-hybridized carbons (Fsp3) is 0.929. The van der Waals surface area contributed by atoms with Crippen LogP contribution in [0.3, 0.4) is 0 Å². The molecule has 1 saturated heterocycles. The van der Waals surface area contributed by atoms with Crippen molar-refractivity contribution in [3.63, 3.8) is 0 Å². The van der Waals surface area contributed by atoms with E-state index in [0.29, 0.717) is 18.1 Å². The molecule has 0 amide bonds. The van der Waals surface area contributed by atoms with Gasteiger partial charge in [0.15, 0.2) is 15.8 Å². The molecule has 1 fully saturated rings. The molecule has 0 radical (unpaired) electrons. The third-order valence-corrected chi connectivity index (χ3v) is 5.35. The van der Waals surface area contributed by atoms with Crippen molar-refractivity contribution in [1.29, 1.82) is 0 Å². The van der Waals surface area contributed by atoms with Crippen molar-refractivity contribution in [1.82, 2.24) is 10.6 Å². The first-order valence-electron chi connectivity index (χ1n) is 7.80. The topological polar surface area (TPSA) is 79.8 Å². The molecule has 8 heteroatoms. The zero-order chi connectivity index (χ0) is 15.6. The monoisotopic (exact) mass is 447 g/mol. The first kappa shape index (κ1) is 21.9. The van der Waals surface area contributed by atoms with Gasteiger partial charge < -0.3 is 15.4 Å². The van der Waals surface area contributed by atoms with Crippen LogP contribution in [0.4, 0.5) is 0 Å². The van der Waals surface area contributed by atoms with Gasteiger partial charge in [0.25, 0.3) is 0 Å². The number of hydrogen-bond donors (Lipinski definition) is 2. The van der Waals surface area contributed by atoms with Gasteiger partial charge in [0, 0.05) is 33.4 Å². The van der Waals surface area contributed by atoms with Gasteiger partial charge in [0.1, 0.15) is 0 Å². The molecule has 2 N–H and O–H groups in total. The Morgan fingerprint density at radius 1 is 1.27 bits per heavy atom. The van der Waals surface area contributed by atoms with Gasteiger partial charge in [0.05, 0.1) is 11.5 Å². The van der Waals surface area contributed by atoms with Gasteiger partial charge in [-0.3, -0.25) is 4.99 Å². The smallest absolute Gasteiger partial charge is 0.190 e. The number of rotatable bonds is 9. The average molecular weight is 447 g/mol. The first-order valence-corrected chi connectivity index (χ1v) is 9.62. The SMILES string of the molecule is CCCCOCCCNC(=NC)NCC1CCS(=O)(=O)C1.I. The Hall–Kier alpha value is -0.0900. The summed E-state index contributed by atoms with van der Waals surface area (Å²) in [6, 6.07) is 0. The third-order valence-electron chi connectivity index (χ3n) is 3.51. The minimum Gasteiger partial charge on any atom is -0.381 e. The second-order valence-corrected chi connectivity index (χ2v) is 7.70. The highest BCUT2D eigenvalue weighted by atomic mass is 127. The molecule has 6 nitrogen and oxygen atoms in total. The molecule has 0 bridgehead atoms. The molecule has 22 heavy (non-hydrogen) atoms. The quantitative estimate of drug-likeness (QED) is 0.242. The molecule has 1 aliphatic heterocycles. The van der Waals surface area contributed by atoms with Crippen LogP contribution >= 0.6 is 24.0 Å². The third kappa shape index (κ3) is 9.83. The highest BCUT2D eigenvalue weighted by Gasteiger charge is 2.27. The predicted molar refractivity (Wildman–Crippen MR) is 102 cm³/mol. The summed E-state index contributed by atoms with van der Waals surface area (Å²) in [5, 5.41) is 6.41. The zero-order valence-corrected chi connectivity index (χ0v) is 16.8. The first-order chi connectivity index (χ1) is 10.1. The van der Waals surface area contributed by atoms with E-state index in [0.717, 1.165) is 51.4 Å². The van der Waals surface area contributed by atoms with Crippen LogP contribution in [0.2, 0.25) is 0 Å². The maximum atomic E-state index is 11.4.